The van der Waals surface area contributed by atoms with Crippen LogP contribution in [0.4, 0.5) is 0 Å². The second kappa shape index (κ2) is 10.3. The number of rotatable bonds is 7. The van der Waals surface area contributed by atoms with Crippen molar-refractivity contribution in [3.8, 4) is 5.75 Å². The molecule has 2 aromatic rings. The van der Waals surface area contributed by atoms with Crippen molar-refractivity contribution in [1.29, 1.82) is 0 Å². The monoisotopic (exact) mass is 393 g/mol. The minimum absolute atomic E-state index is 0. The van der Waals surface area contributed by atoms with Crippen LogP contribution in [0.15, 0.2) is 24.3 Å². The average molecular weight is 394 g/mol. The van der Waals surface area contributed by atoms with Gasteiger partial charge < -0.3 is 15.4 Å². The van der Waals surface area contributed by atoms with E-state index in [9.17, 15) is 4.79 Å². The van der Waals surface area contributed by atoms with Crippen LogP contribution in [0.2, 0.25) is 0 Å². The number of carbonyl (C=O) groups is 1. The van der Waals surface area contributed by atoms with Gasteiger partial charge in [-0.2, -0.15) is 0 Å². The number of ether oxygens (including phenoxy) is 1. The van der Waals surface area contributed by atoms with Crippen LogP contribution in [0.5, 0.6) is 5.75 Å². The topological polar surface area (TPSA) is 81.1 Å². The molecule has 2 heterocycles. The summed E-state index contributed by atoms with van der Waals surface area (Å²) in [5.41, 5.74) is 2.46. The summed E-state index contributed by atoms with van der Waals surface area (Å²) in [6.07, 6.45) is 2.77. The van der Waals surface area contributed by atoms with Crippen molar-refractivity contribution >= 4 is 18.3 Å². The van der Waals surface area contributed by atoms with Crippen LogP contribution in [0.25, 0.3) is 0 Å². The summed E-state index contributed by atoms with van der Waals surface area (Å²) in [6.45, 7) is 7.02. The van der Waals surface area contributed by atoms with E-state index in [1.54, 1.807) is 0 Å². The molecule has 8 heteroatoms. The Labute approximate surface area is 166 Å². The molecule has 0 spiro atoms. The first-order valence-corrected chi connectivity index (χ1v) is 9.25. The molecular formula is C19H28ClN5O2. The van der Waals surface area contributed by atoms with Gasteiger partial charge in [-0.1, -0.05) is 22.9 Å². The van der Waals surface area contributed by atoms with Crippen molar-refractivity contribution in [3.05, 3.63) is 41.2 Å². The lowest BCUT2D eigenvalue weighted by Crippen LogP contribution is -2.30. The molecule has 1 aliphatic rings. The van der Waals surface area contributed by atoms with Crippen LogP contribution in [0, 0.1) is 13.8 Å². The first kappa shape index (κ1) is 21.2. The summed E-state index contributed by atoms with van der Waals surface area (Å²) in [4.78, 5) is 12.4. The quantitative estimate of drug-likeness (QED) is 0.706. The maximum atomic E-state index is 12.4. The average Bonchev–Trinajstić information content (AvgIpc) is 3.05. The Bertz CT molecular complexity index is 726. The molecule has 0 saturated carbocycles. The van der Waals surface area contributed by atoms with Crippen molar-refractivity contribution in [2.45, 2.75) is 39.2 Å². The molecule has 0 atom stereocenters. The van der Waals surface area contributed by atoms with Crippen molar-refractivity contribution in [2.24, 2.45) is 0 Å². The summed E-state index contributed by atoms with van der Waals surface area (Å²) in [7, 11) is 0. The Morgan fingerprint density at radius 1 is 1.26 bits per heavy atom. The maximum absolute atomic E-state index is 12.4. The summed E-state index contributed by atoms with van der Waals surface area (Å²) >= 11 is 0. The minimum Gasteiger partial charge on any atom is -0.494 e. The van der Waals surface area contributed by atoms with Crippen molar-refractivity contribution < 1.29 is 9.53 Å². The van der Waals surface area contributed by atoms with Crippen LogP contribution in [-0.4, -0.2) is 47.1 Å². The standard InChI is InChI=1S/C19H27N5O2.ClH/c1-14-4-6-17(7-5-14)26-13-3-10-21-19(25)18-15(2)24(23-22-18)16-8-11-20-12-9-16;/h4-7,16,20H,3,8-13H2,1-2H3,(H,21,25);1H. The molecule has 1 fully saturated rings. The zero-order valence-electron chi connectivity index (χ0n) is 15.9. The molecule has 0 bridgehead atoms. The van der Waals surface area contributed by atoms with Crippen LogP contribution in [0.3, 0.4) is 0 Å². The fourth-order valence-electron chi connectivity index (χ4n) is 3.13. The summed E-state index contributed by atoms with van der Waals surface area (Å²) in [6, 6.07) is 8.28. The van der Waals surface area contributed by atoms with Crippen molar-refractivity contribution in [2.75, 3.05) is 26.2 Å². The Balaban J connectivity index is 0.00000261. The van der Waals surface area contributed by atoms with E-state index >= 15 is 0 Å². The van der Waals surface area contributed by atoms with Crippen LogP contribution in [-0.2, 0) is 0 Å². The number of hydrogen-bond donors (Lipinski definition) is 2. The fraction of sp³-hybridized carbons (Fsp3) is 0.526. The van der Waals surface area contributed by atoms with Gasteiger partial charge in [0.15, 0.2) is 5.69 Å². The predicted molar refractivity (Wildman–Crippen MR) is 107 cm³/mol. The van der Waals surface area contributed by atoms with Crippen molar-refractivity contribution in [1.82, 2.24) is 25.6 Å². The highest BCUT2D eigenvalue weighted by Gasteiger charge is 2.22. The Morgan fingerprint density at radius 3 is 2.67 bits per heavy atom. The largest absolute Gasteiger partial charge is 0.494 e. The van der Waals surface area contributed by atoms with E-state index in [0.717, 1.165) is 43.8 Å². The third-order valence-corrected chi connectivity index (χ3v) is 4.69. The fourth-order valence-corrected chi connectivity index (χ4v) is 3.13. The molecule has 1 amide bonds. The first-order valence-electron chi connectivity index (χ1n) is 9.25. The lowest BCUT2D eigenvalue weighted by atomic mass is 10.1. The molecule has 0 radical (unpaired) electrons. The second-order valence-electron chi connectivity index (χ2n) is 6.72. The van der Waals surface area contributed by atoms with Gasteiger partial charge in [0.2, 0.25) is 0 Å². The van der Waals surface area contributed by atoms with Gasteiger partial charge in [-0.15, -0.1) is 17.5 Å². The molecule has 148 valence electrons. The van der Waals surface area contributed by atoms with E-state index in [0.29, 0.717) is 24.9 Å². The first-order chi connectivity index (χ1) is 12.6. The van der Waals surface area contributed by atoms with Gasteiger partial charge in [0.25, 0.3) is 5.91 Å². The molecular weight excluding hydrogens is 366 g/mol. The Morgan fingerprint density at radius 2 is 1.96 bits per heavy atom. The van der Waals surface area contributed by atoms with E-state index in [-0.39, 0.29) is 18.3 Å². The zero-order chi connectivity index (χ0) is 18.4. The Kier molecular flexibility index (Phi) is 8.06. The van der Waals surface area contributed by atoms with Crippen LogP contribution in [0.1, 0.15) is 47.1 Å². The molecule has 0 aliphatic carbocycles. The van der Waals surface area contributed by atoms with Gasteiger partial charge in [-0.3, -0.25) is 4.79 Å². The normalized spacial score (nSPS) is 14.4. The zero-order valence-corrected chi connectivity index (χ0v) is 16.7. The van der Waals surface area contributed by atoms with Gasteiger partial charge >= 0.3 is 0 Å². The van der Waals surface area contributed by atoms with Gasteiger partial charge in [0, 0.05) is 6.54 Å². The van der Waals surface area contributed by atoms with E-state index in [1.165, 1.54) is 5.56 Å². The predicted octanol–water partition coefficient (Wildman–Crippen LogP) is 2.44. The molecule has 1 saturated heterocycles. The highest BCUT2D eigenvalue weighted by Crippen LogP contribution is 2.20. The number of nitrogens with one attached hydrogen (secondary N) is 2. The number of amides is 1. The van der Waals surface area contributed by atoms with E-state index in [2.05, 4.69) is 20.9 Å². The van der Waals surface area contributed by atoms with Crippen LogP contribution < -0.4 is 15.4 Å². The third-order valence-electron chi connectivity index (χ3n) is 4.69. The summed E-state index contributed by atoms with van der Waals surface area (Å²) in [5.74, 6) is 0.681. The number of carbonyl (C=O) groups excluding carboxylic acids is 1. The van der Waals surface area contributed by atoms with E-state index < -0.39 is 0 Å². The highest BCUT2D eigenvalue weighted by molar-refractivity contribution is 5.93. The van der Waals surface area contributed by atoms with Gasteiger partial charge in [-0.05, 0) is 58.3 Å². The summed E-state index contributed by atoms with van der Waals surface area (Å²) in [5, 5.41) is 14.5. The number of benzene rings is 1. The third kappa shape index (κ3) is 5.68. The molecule has 0 unspecified atom stereocenters. The maximum Gasteiger partial charge on any atom is 0.273 e. The molecule has 1 aromatic carbocycles. The number of nitrogens with zero attached hydrogens (tertiary/aromatic N) is 3. The van der Waals surface area contributed by atoms with Gasteiger partial charge in [-0.25, -0.2) is 4.68 Å². The molecule has 2 N–H and O–H groups in total. The van der Waals surface area contributed by atoms with E-state index in [4.69, 9.17) is 4.74 Å². The molecule has 1 aliphatic heterocycles. The number of halogens is 1. The molecule has 27 heavy (non-hydrogen) atoms. The smallest absolute Gasteiger partial charge is 0.273 e. The number of piperidine rings is 1. The Hall–Kier alpha value is -2.12. The van der Waals surface area contributed by atoms with Gasteiger partial charge in [0.1, 0.15) is 5.75 Å². The lowest BCUT2D eigenvalue weighted by Gasteiger charge is -2.23. The number of aryl methyl sites for hydroxylation is 1. The second-order valence-corrected chi connectivity index (χ2v) is 6.72. The summed E-state index contributed by atoms with van der Waals surface area (Å²) < 4.78 is 7.57. The molecule has 3 rings (SSSR count). The van der Waals surface area contributed by atoms with E-state index in [1.807, 2.05) is 42.8 Å². The van der Waals surface area contributed by atoms with Gasteiger partial charge in [0.05, 0.1) is 18.3 Å². The number of aromatic nitrogens is 3. The number of hydrogen-bond acceptors (Lipinski definition) is 5. The van der Waals surface area contributed by atoms with Crippen molar-refractivity contribution in [3.63, 3.8) is 0 Å². The SMILES string of the molecule is Cc1ccc(OCCCNC(=O)c2nnn(C3CCNCC3)c2C)cc1.Cl. The molecule has 1 aromatic heterocycles. The molecule has 7 nitrogen and oxygen atoms in total. The minimum atomic E-state index is -0.168. The highest BCUT2D eigenvalue weighted by atomic mass is 35.5. The lowest BCUT2D eigenvalue weighted by molar-refractivity contribution is 0.0946. The van der Waals surface area contributed by atoms with Crippen LogP contribution >= 0.6 is 12.4 Å².